The third kappa shape index (κ3) is 3.10. The molecule has 1 aromatic rings. The fraction of sp³-hybridized carbons (Fsp3) is 0.417. The van der Waals surface area contributed by atoms with Crippen LogP contribution in [0, 0.1) is 0 Å². The second-order valence-electron chi connectivity index (χ2n) is 4.32. The molecule has 0 spiro atoms. The number of halogens is 3. The van der Waals surface area contributed by atoms with Crippen molar-refractivity contribution in [1.82, 2.24) is 5.32 Å². The van der Waals surface area contributed by atoms with E-state index in [1.807, 2.05) is 0 Å². The van der Waals surface area contributed by atoms with Gasteiger partial charge in [0.2, 0.25) is 5.91 Å². The number of hydrogen-bond donors (Lipinski definition) is 2. The first kappa shape index (κ1) is 13.5. The highest BCUT2D eigenvalue weighted by Crippen LogP contribution is 2.30. The summed E-state index contributed by atoms with van der Waals surface area (Å²) in [6.07, 6.45) is -4.43. The summed E-state index contributed by atoms with van der Waals surface area (Å²) in [5, 5.41) is 11.4. The van der Waals surface area contributed by atoms with Gasteiger partial charge in [0.15, 0.2) is 0 Å². The van der Waals surface area contributed by atoms with Gasteiger partial charge in [-0.1, -0.05) is 0 Å². The average molecular weight is 274 g/mol. The standard InChI is InChI=1S/C12H13F3N2O2/c13-12(14,15)10-7-16-11(19)5-6-17(10)8-1-3-9(18)4-2-8/h1-4,10,18H,5-7H2,(H,16,19). The molecule has 1 amide bonds. The Bertz CT molecular complexity index is 459. The van der Waals surface area contributed by atoms with Crippen molar-refractivity contribution < 1.29 is 23.1 Å². The van der Waals surface area contributed by atoms with Crippen LogP contribution in [0.1, 0.15) is 6.42 Å². The van der Waals surface area contributed by atoms with Crippen molar-refractivity contribution in [2.45, 2.75) is 18.6 Å². The molecule has 1 saturated heterocycles. The van der Waals surface area contributed by atoms with Gasteiger partial charge >= 0.3 is 6.18 Å². The molecular weight excluding hydrogens is 261 g/mol. The second-order valence-corrected chi connectivity index (χ2v) is 4.32. The van der Waals surface area contributed by atoms with E-state index in [9.17, 15) is 23.1 Å². The highest BCUT2D eigenvalue weighted by molar-refractivity contribution is 5.77. The summed E-state index contributed by atoms with van der Waals surface area (Å²) in [5.74, 6) is -0.410. The van der Waals surface area contributed by atoms with Crippen LogP contribution in [0.25, 0.3) is 0 Å². The van der Waals surface area contributed by atoms with Gasteiger partial charge in [-0.15, -0.1) is 0 Å². The van der Waals surface area contributed by atoms with Crippen LogP contribution in [0.4, 0.5) is 18.9 Å². The summed E-state index contributed by atoms with van der Waals surface area (Å²) in [5.41, 5.74) is 0.330. The third-order valence-corrected chi connectivity index (χ3v) is 3.01. The highest BCUT2D eigenvalue weighted by Gasteiger charge is 2.45. The third-order valence-electron chi connectivity index (χ3n) is 3.01. The van der Waals surface area contributed by atoms with E-state index in [2.05, 4.69) is 5.32 Å². The van der Waals surface area contributed by atoms with Crippen molar-refractivity contribution in [3.8, 4) is 5.75 Å². The number of phenolic OH excluding ortho intramolecular Hbond substituents is 1. The minimum absolute atomic E-state index is 0.00740. The monoisotopic (exact) mass is 274 g/mol. The number of carbonyl (C=O) groups excluding carboxylic acids is 1. The van der Waals surface area contributed by atoms with E-state index >= 15 is 0 Å². The summed E-state index contributed by atoms with van der Waals surface area (Å²) in [6, 6.07) is 3.70. The van der Waals surface area contributed by atoms with Gasteiger partial charge in [0.1, 0.15) is 11.8 Å². The van der Waals surface area contributed by atoms with Gasteiger partial charge in [-0.3, -0.25) is 4.79 Å². The lowest BCUT2D eigenvalue weighted by Gasteiger charge is -2.32. The zero-order valence-corrected chi connectivity index (χ0v) is 9.94. The zero-order valence-electron chi connectivity index (χ0n) is 9.94. The van der Waals surface area contributed by atoms with Gasteiger partial charge in [0.25, 0.3) is 0 Å². The molecule has 104 valence electrons. The first-order valence-electron chi connectivity index (χ1n) is 5.77. The van der Waals surface area contributed by atoms with Crippen molar-refractivity contribution in [1.29, 1.82) is 0 Å². The number of amides is 1. The lowest BCUT2D eigenvalue weighted by atomic mass is 10.2. The number of phenols is 1. The second kappa shape index (κ2) is 4.99. The van der Waals surface area contributed by atoms with Crippen LogP contribution < -0.4 is 10.2 Å². The quantitative estimate of drug-likeness (QED) is 0.818. The van der Waals surface area contributed by atoms with Gasteiger partial charge in [0, 0.05) is 25.2 Å². The maximum Gasteiger partial charge on any atom is 0.410 e. The van der Waals surface area contributed by atoms with Crippen molar-refractivity contribution in [3.05, 3.63) is 24.3 Å². The molecular formula is C12H13F3N2O2. The molecule has 7 heteroatoms. The Morgan fingerprint density at radius 1 is 1.26 bits per heavy atom. The molecule has 0 aliphatic carbocycles. The summed E-state index contributed by atoms with van der Waals surface area (Å²) in [6.45, 7) is -0.482. The van der Waals surface area contributed by atoms with Crippen molar-refractivity contribution in [3.63, 3.8) is 0 Å². The number of nitrogens with zero attached hydrogens (tertiary/aromatic N) is 1. The van der Waals surface area contributed by atoms with Crippen molar-refractivity contribution in [2.24, 2.45) is 0 Å². The summed E-state index contributed by atoms with van der Waals surface area (Å²) < 4.78 is 39.1. The van der Waals surface area contributed by atoms with E-state index in [0.29, 0.717) is 5.69 Å². The number of rotatable bonds is 1. The predicted molar refractivity (Wildman–Crippen MR) is 62.9 cm³/mol. The Kier molecular flexibility index (Phi) is 3.55. The average Bonchev–Trinajstić information content (AvgIpc) is 2.52. The lowest BCUT2D eigenvalue weighted by Crippen LogP contribution is -2.50. The number of carbonyl (C=O) groups is 1. The fourth-order valence-corrected chi connectivity index (χ4v) is 2.03. The van der Waals surface area contributed by atoms with Crippen LogP contribution in [0.15, 0.2) is 24.3 Å². The highest BCUT2D eigenvalue weighted by atomic mass is 19.4. The van der Waals surface area contributed by atoms with E-state index < -0.39 is 24.7 Å². The van der Waals surface area contributed by atoms with Gasteiger partial charge in [-0.05, 0) is 24.3 Å². The van der Waals surface area contributed by atoms with Gasteiger partial charge < -0.3 is 15.3 Å². The Balaban J connectivity index is 2.31. The molecule has 1 aromatic carbocycles. The predicted octanol–water partition coefficient (Wildman–Crippen LogP) is 1.65. The zero-order chi connectivity index (χ0) is 14.0. The number of hydrogen-bond acceptors (Lipinski definition) is 3. The summed E-state index contributed by atoms with van der Waals surface area (Å²) >= 11 is 0. The molecule has 0 bridgehead atoms. The number of nitrogens with one attached hydrogen (secondary N) is 1. The topological polar surface area (TPSA) is 52.6 Å². The molecule has 4 nitrogen and oxygen atoms in total. The molecule has 1 aliphatic heterocycles. The lowest BCUT2D eigenvalue weighted by molar-refractivity contribution is -0.147. The van der Waals surface area contributed by atoms with E-state index in [-0.39, 0.29) is 18.7 Å². The van der Waals surface area contributed by atoms with Crippen LogP contribution in [-0.2, 0) is 4.79 Å². The SMILES string of the molecule is O=C1CCN(c2ccc(O)cc2)C(C(F)(F)F)CN1. The van der Waals surface area contributed by atoms with Crippen LogP contribution in [0.3, 0.4) is 0 Å². The van der Waals surface area contributed by atoms with Crippen LogP contribution >= 0.6 is 0 Å². The van der Waals surface area contributed by atoms with Crippen molar-refractivity contribution in [2.75, 3.05) is 18.0 Å². The summed E-state index contributed by atoms with van der Waals surface area (Å²) in [4.78, 5) is 12.4. The number of anilines is 1. The molecule has 0 radical (unpaired) electrons. The van der Waals surface area contributed by atoms with Crippen LogP contribution in [0.5, 0.6) is 5.75 Å². The molecule has 0 aromatic heterocycles. The maximum absolute atomic E-state index is 13.0. The number of benzene rings is 1. The molecule has 1 fully saturated rings. The Morgan fingerprint density at radius 3 is 2.47 bits per heavy atom. The number of alkyl halides is 3. The molecule has 0 saturated carbocycles. The largest absolute Gasteiger partial charge is 0.508 e. The Hall–Kier alpha value is -1.92. The van der Waals surface area contributed by atoms with Gasteiger partial charge in [0.05, 0.1) is 0 Å². The van der Waals surface area contributed by atoms with E-state index in [4.69, 9.17) is 0 Å². The van der Waals surface area contributed by atoms with E-state index in [0.717, 1.165) is 4.90 Å². The fourth-order valence-electron chi connectivity index (χ4n) is 2.03. The van der Waals surface area contributed by atoms with E-state index in [1.54, 1.807) is 0 Å². The Labute approximate surface area is 107 Å². The molecule has 19 heavy (non-hydrogen) atoms. The van der Waals surface area contributed by atoms with Crippen LogP contribution in [0.2, 0.25) is 0 Å². The first-order chi connectivity index (χ1) is 8.88. The Morgan fingerprint density at radius 2 is 1.89 bits per heavy atom. The molecule has 2 N–H and O–H groups in total. The molecule has 1 unspecified atom stereocenters. The first-order valence-corrected chi connectivity index (χ1v) is 5.77. The van der Waals surface area contributed by atoms with Gasteiger partial charge in [-0.25, -0.2) is 0 Å². The normalized spacial score (nSPS) is 20.9. The number of aromatic hydroxyl groups is 1. The molecule has 1 aliphatic rings. The molecule has 1 heterocycles. The van der Waals surface area contributed by atoms with Crippen molar-refractivity contribution >= 4 is 11.6 Å². The maximum atomic E-state index is 13.0. The molecule has 2 rings (SSSR count). The van der Waals surface area contributed by atoms with Crippen LogP contribution in [-0.4, -0.2) is 36.3 Å². The minimum atomic E-state index is -4.44. The smallest absolute Gasteiger partial charge is 0.410 e. The van der Waals surface area contributed by atoms with Gasteiger partial charge in [-0.2, -0.15) is 13.2 Å². The van der Waals surface area contributed by atoms with E-state index in [1.165, 1.54) is 24.3 Å². The molecule has 1 atom stereocenters. The summed E-state index contributed by atoms with van der Waals surface area (Å²) in [7, 11) is 0. The minimum Gasteiger partial charge on any atom is -0.508 e.